The molecule has 0 saturated heterocycles. The maximum atomic E-state index is 13.9. The standard InChI is InChI=1S/C23H20FN3O3S/c1-30-21(29)12-16-13-31-23(25-16)27-20(28)10-8-17-18-11-15(24)7-9-19(18)26-22(17)14-5-3-2-4-6-14/h2-7,9,11,13,26H,8,10,12H2,1H3,(H,25,27,28). The average Bonchev–Trinajstić information content (AvgIpc) is 3.36. The van der Waals surface area contributed by atoms with Gasteiger partial charge in [0.2, 0.25) is 5.91 Å². The van der Waals surface area contributed by atoms with Gasteiger partial charge in [-0.1, -0.05) is 30.3 Å². The molecule has 2 aromatic heterocycles. The normalized spacial score (nSPS) is 10.9. The van der Waals surface area contributed by atoms with E-state index < -0.39 is 0 Å². The summed E-state index contributed by atoms with van der Waals surface area (Å²) in [5, 5.41) is 5.67. The first-order valence-electron chi connectivity index (χ1n) is 9.70. The number of thiazole rings is 1. The van der Waals surface area contributed by atoms with Gasteiger partial charge in [-0.15, -0.1) is 11.3 Å². The van der Waals surface area contributed by atoms with Crippen LogP contribution in [-0.2, 0) is 27.2 Å². The quantitative estimate of drug-likeness (QED) is 0.410. The van der Waals surface area contributed by atoms with Crippen LogP contribution in [-0.4, -0.2) is 29.0 Å². The summed E-state index contributed by atoms with van der Waals surface area (Å²) in [5.41, 5.74) is 4.11. The molecule has 0 aliphatic carbocycles. The monoisotopic (exact) mass is 437 g/mol. The molecule has 2 heterocycles. The highest BCUT2D eigenvalue weighted by Crippen LogP contribution is 2.32. The van der Waals surface area contributed by atoms with Crippen molar-refractivity contribution < 1.29 is 18.7 Å². The number of benzene rings is 2. The van der Waals surface area contributed by atoms with E-state index in [4.69, 9.17) is 0 Å². The zero-order valence-electron chi connectivity index (χ0n) is 16.8. The van der Waals surface area contributed by atoms with E-state index in [0.717, 1.165) is 27.7 Å². The topological polar surface area (TPSA) is 84.1 Å². The number of rotatable bonds is 7. The van der Waals surface area contributed by atoms with Crippen molar-refractivity contribution in [3.05, 3.63) is 71.0 Å². The minimum Gasteiger partial charge on any atom is -0.469 e. The van der Waals surface area contributed by atoms with Crippen molar-refractivity contribution in [3.8, 4) is 11.3 Å². The first-order valence-corrected chi connectivity index (χ1v) is 10.6. The second kappa shape index (κ2) is 9.09. The summed E-state index contributed by atoms with van der Waals surface area (Å²) in [4.78, 5) is 31.5. The van der Waals surface area contributed by atoms with Gasteiger partial charge in [0.05, 0.1) is 19.2 Å². The Balaban J connectivity index is 1.51. The minimum absolute atomic E-state index is 0.0597. The van der Waals surface area contributed by atoms with Crippen LogP contribution in [0.2, 0.25) is 0 Å². The SMILES string of the molecule is COC(=O)Cc1csc(NC(=O)CCc2c(-c3ccccc3)[nH]c3ccc(F)cc23)n1. The van der Waals surface area contributed by atoms with Crippen molar-refractivity contribution in [2.45, 2.75) is 19.3 Å². The van der Waals surface area contributed by atoms with Crippen LogP contribution < -0.4 is 5.32 Å². The number of anilines is 1. The molecule has 0 spiro atoms. The van der Waals surface area contributed by atoms with Crippen molar-refractivity contribution in [1.29, 1.82) is 0 Å². The summed E-state index contributed by atoms with van der Waals surface area (Å²) in [5.74, 6) is -0.912. The van der Waals surface area contributed by atoms with Crippen LogP contribution in [0.25, 0.3) is 22.2 Å². The van der Waals surface area contributed by atoms with Crippen molar-refractivity contribution in [2.24, 2.45) is 0 Å². The Labute approximate surface area is 182 Å². The molecule has 0 aliphatic heterocycles. The van der Waals surface area contributed by atoms with Crippen LogP contribution in [0.3, 0.4) is 0 Å². The fourth-order valence-corrected chi connectivity index (χ4v) is 4.14. The molecule has 0 atom stereocenters. The fourth-order valence-electron chi connectivity index (χ4n) is 3.42. The molecule has 1 amide bonds. The Hall–Kier alpha value is -3.52. The Morgan fingerprint density at radius 3 is 2.77 bits per heavy atom. The van der Waals surface area contributed by atoms with Gasteiger partial charge < -0.3 is 15.0 Å². The molecule has 2 N–H and O–H groups in total. The zero-order chi connectivity index (χ0) is 21.8. The summed E-state index contributed by atoms with van der Waals surface area (Å²) >= 11 is 1.25. The first-order chi connectivity index (χ1) is 15.0. The number of aryl methyl sites for hydroxylation is 1. The van der Waals surface area contributed by atoms with E-state index in [2.05, 4.69) is 20.0 Å². The lowest BCUT2D eigenvalue weighted by Crippen LogP contribution is -2.12. The summed E-state index contributed by atoms with van der Waals surface area (Å²) in [6.07, 6.45) is 0.694. The highest BCUT2D eigenvalue weighted by atomic mass is 32.1. The van der Waals surface area contributed by atoms with Crippen LogP contribution >= 0.6 is 11.3 Å². The Kier molecular flexibility index (Phi) is 6.08. The highest BCUT2D eigenvalue weighted by molar-refractivity contribution is 7.13. The minimum atomic E-state index is -0.386. The van der Waals surface area contributed by atoms with E-state index in [1.807, 2.05) is 30.3 Å². The van der Waals surface area contributed by atoms with Crippen LogP contribution in [0.5, 0.6) is 0 Å². The van der Waals surface area contributed by atoms with Crippen molar-refractivity contribution in [3.63, 3.8) is 0 Å². The third kappa shape index (κ3) is 4.80. The maximum Gasteiger partial charge on any atom is 0.311 e. The number of fused-ring (bicyclic) bond motifs is 1. The number of ether oxygens (including phenoxy) is 1. The molecule has 0 unspecified atom stereocenters. The Morgan fingerprint density at radius 1 is 1.19 bits per heavy atom. The van der Waals surface area contributed by atoms with E-state index in [1.54, 1.807) is 11.4 Å². The van der Waals surface area contributed by atoms with Crippen LogP contribution in [0.1, 0.15) is 17.7 Å². The second-order valence-corrected chi connectivity index (χ2v) is 7.84. The summed E-state index contributed by atoms with van der Waals surface area (Å²) in [6.45, 7) is 0. The lowest BCUT2D eigenvalue weighted by molar-refractivity contribution is -0.139. The number of carbonyl (C=O) groups is 2. The number of nitrogens with zero attached hydrogens (tertiary/aromatic N) is 1. The predicted octanol–water partition coefficient (Wildman–Crippen LogP) is 4.72. The number of aromatic amines is 1. The smallest absolute Gasteiger partial charge is 0.311 e. The van der Waals surface area contributed by atoms with Gasteiger partial charge in [-0.05, 0) is 35.7 Å². The highest BCUT2D eigenvalue weighted by Gasteiger charge is 2.16. The number of amides is 1. The number of aromatic nitrogens is 2. The van der Waals surface area contributed by atoms with Gasteiger partial charge in [-0.3, -0.25) is 9.59 Å². The number of methoxy groups -OCH3 is 1. The van der Waals surface area contributed by atoms with Gasteiger partial charge in [0.1, 0.15) is 5.82 Å². The fraction of sp³-hybridized carbons (Fsp3) is 0.174. The molecule has 0 saturated carbocycles. The molecule has 4 rings (SSSR count). The number of H-pyrrole nitrogens is 1. The molecule has 31 heavy (non-hydrogen) atoms. The van der Waals surface area contributed by atoms with Gasteiger partial charge >= 0.3 is 5.97 Å². The number of hydrogen-bond donors (Lipinski definition) is 2. The summed E-state index contributed by atoms with van der Waals surface area (Å²) in [6, 6.07) is 14.4. The third-order valence-electron chi connectivity index (χ3n) is 4.88. The van der Waals surface area contributed by atoms with Gasteiger partial charge in [0, 0.05) is 28.4 Å². The molecule has 0 bridgehead atoms. The van der Waals surface area contributed by atoms with Crippen molar-refractivity contribution in [2.75, 3.05) is 12.4 Å². The lowest BCUT2D eigenvalue weighted by atomic mass is 10.0. The largest absolute Gasteiger partial charge is 0.469 e. The maximum absolute atomic E-state index is 13.9. The van der Waals surface area contributed by atoms with Crippen LogP contribution in [0.4, 0.5) is 9.52 Å². The molecular weight excluding hydrogens is 417 g/mol. The van der Waals surface area contributed by atoms with Gasteiger partial charge in [0.15, 0.2) is 5.13 Å². The second-order valence-electron chi connectivity index (χ2n) is 6.98. The van der Waals surface area contributed by atoms with E-state index >= 15 is 0 Å². The van der Waals surface area contributed by atoms with Gasteiger partial charge in [0.25, 0.3) is 0 Å². The molecule has 6 nitrogen and oxygen atoms in total. The van der Waals surface area contributed by atoms with Crippen LogP contribution in [0.15, 0.2) is 53.9 Å². The zero-order valence-corrected chi connectivity index (χ0v) is 17.6. The van der Waals surface area contributed by atoms with Crippen molar-refractivity contribution >= 4 is 39.2 Å². The third-order valence-corrected chi connectivity index (χ3v) is 5.69. The number of halogens is 1. The van der Waals surface area contributed by atoms with E-state index in [9.17, 15) is 14.0 Å². The summed E-state index contributed by atoms with van der Waals surface area (Å²) < 4.78 is 18.5. The van der Waals surface area contributed by atoms with Gasteiger partial charge in [-0.2, -0.15) is 0 Å². The Morgan fingerprint density at radius 2 is 2.00 bits per heavy atom. The molecule has 4 aromatic rings. The van der Waals surface area contributed by atoms with E-state index in [0.29, 0.717) is 17.2 Å². The lowest BCUT2D eigenvalue weighted by Gasteiger charge is -2.06. The Bertz CT molecular complexity index is 1230. The summed E-state index contributed by atoms with van der Waals surface area (Å²) in [7, 11) is 1.32. The van der Waals surface area contributed by atoms with Crippen LogP contribution in [0, 0.1) is 5.82 Å². The molecular formula is C23H20FN3O3S. The molecule has 2 aromatic carbocycles. The molecule has 8 heteroatoms. The number of hydrogen-bond acceptors (Lipinski definition) is 5. The molecule has 0 radical (unpaired) electrons. The number of nitrogens with one attached hydrogen (secondary N) is 2. The van der Waals surface area contributed by atoms with E-state index in [1.165, 1.54) is 30.6 Å². The average molecular weight is 437 g/mol. The number of carbonyl (C=O) groups excluding carboxylic acids is 2. The number of esters is 1. The molecule has 0 aliphatic rings. The molecule has 0 fully saturated rings. The first kappa shape index (κ1) is 20.7. The van der Waals surface area contributed by atoms with Crippen molar-refractivity contribution in [1.82, 2.24) is 9.97 Å². The predicted molar refractivity (Wildman–Crippen MR) is 118 cm³/mol. The van der Waals surface area contributed by atoms with E-state index in [-0.39, 0.29) is 30.5 Å². The van der Waals surface area contributed by atoms with Gasteiger partial charge in [-0.25, -0.2) is 9.37 Å². The molecule has 158 valence electrons.